The minimum atomic E-state index is -0.600. The summed E-state index contributed by atoms with van der Waals surface area (Å²) in [4.78, 5) is 17.1. The van der Waals surface area contributed by atoms with Crippen LogP contribution in [0.2, 0.25) is 0 Å². The van der Waals surface area contributed by atoms with E-state index in [0.717, 1.165) is 30.6 Å². The highest BCUT2D eigenvalue weighted by atomic mass is 19.1. The molecule has 3 unspecified atom stereocenters. The first-order chi connectivity index (χ1) is 13.0. The van der Waals surface area contributed by atoms with Crippen molar-refractivity contribution < 1.29 is 13.9 Å². The number of rotatable bonds is 4. The molecular weight excluding hydrogens is 345 g/mol. The molecule has 2 aliphatic heterocycles. The van der Waals surface area contributed by atoms with Crippen LogP contribution in [0.25, 0.3) is 11.3 Å². The van der Waals surface area contributed by atoms with Crippen molar-refractivity contribution in [1.29, 1.82) is 0 Å². The minimum absolute atomic E-state index is 0.0252. The average molecular weight is 367 g/mol. The van der Waals surface area contributed by atoms with Crippen molar-refractivity contribution in [2.75, 3.05) is 19.6 Å². The van der Waals surface area contributed by atoms with E-state index in [1.54, 1.807) is 12.1 Å². The molecule has 3 heterocycles. The molecule has 2 aromatic rings. The highest BCUT2D eigenvalue weighted by Gasteiger charge is 2.55. The van der Waals surface area contributed by atoms with Gasteiger partial charge in [0.1, 0.15) is 11.9 Å². The highest BCUT2D eigenvalue weighted by molar-refractivity contribution is 5.90. The summed E-state index contributed by atoms with van der Waals surface area (Å²) >= 11 is 0. The van der Waals surface area contributed by atoms with Gasteiger partial charge in [-0.3, -0.25) is 4.79 Å². The van der Waals surface area contributed by atoms with Crippen LogP contribution >= 0.6 is 0 Å². The summed E-state index contributed by atoms with van der Waals surface area (Å²) in [5.41, 5.74) is 1.80. The molecule has 2 N–H and O–H groups in total. The first-order valence-corrected chi connectivity index (χ1v) is 9.49. The lowest BCUT2D eigenvalue weighted by atomic mass is 9.81. The van der Waals surface area contributed by atoms with Gasteiger partial charge in [-0.2, -0.15) is 0 Å². The van der Waals surface area contributed by atoms with E-state index in [4.69, 9.17) is 4.74 Å². The molecule has 3 fully saturated rings. The topological polar surface area (TPSA) is 63.2 Å². The molecule has 5 nitrogen and oxygen atoms in total. The zero-order valence-corrected chi connectivity index (χ0v) is 15.2. The summed E-state index contributed by atoms with van der Waals surface area (Å²) in [5, 5.41) is 6.28. The van der Waals surface area contributed by atoms with Gasteiger partial charge >= 0.3 is 0 Å². The van der Waals surface area contributed by atoms with Crippen molar-refractivity contribution in [3.05, 3.63) is 47.8 Å². The Hall–Kier alpha value is -2.47. The fraction of sp³-hybridized carbons (Fsp3) is 0.429. The van der Waals surface area contributed by atoms with E-state index >= 15 is 0 Å². The number of benzene rings is 1. The smallest absolute Gasteiger partial charge is 0.230 e. The summed E-state index contributed by atoms with van der Waals surface area (Å²) in [6.45, 7) is 4.59. The highest BCUT2D eigenvalue weighted by Crippen LogP contribution is 2.45. The Bertz CT molecular complexity index is 891. The molecule has 1 amide bonds. The molecule has 1 aliphatic carbocycles. The Balaban J connectivity index is 1.53. The maximum absolute atomic E-state index is 13.3. The number of carbonyl (C=O) groups excluding carboxylic acids is 1. The summed E-state index contributed by atoms with van der Waals surface area (Å²) in [6.07, 6.45) is 0.928. The molecule has 0 spiro atoms. The number of pyridine rings is 1. The van der Waals surface area contributed by atoms with Crippen LogP contribution in [-0.2, 0) is 10.2 Å². The molecule has 5 rings (SSSR count). The zero-order valence-electron chi connectivity index (χ0n) is 15.2. The van der Waals surface area contributed by atoms with Crippen molar-refractivity contribution >= 4 is 5.91 Å². The first kappa shape index (κ1) is 16.7. The van der Waals surface area contributed by atoms with E-state index in [9.17, 15) is 9.18 Å². The number of piperidine rings is 1. The molecule has 0 radical (unpaired) electrons. The van der Waals surface area contributed by atoms with E-state index in [-0.39, 0.29) is 17.8 Å². The molecule has 1 aromatic heterocycles. The minimum Gasteiger partial charge on any atom is -0.474 e. The maximum atomic E-state index is 13.3. The second kappa shape index (κ2) is 6.02. The maximum Gasteiger partial charge on any atom is 0.230 e. The summed E-state index contributed by atoms with van der Waals surface area (Å²) in [7, 11) is 0. The third kappa shape index (κ3) is 2.79. The van der Waals surface area contributed by atoms with E-state index < -0.39 is 5.41 Å². The number of carbonyl (C=O) groups is 1. The number of halogens is 1. The number of hydrogen-bond acceptors (Lipinski definition) is 4. The normalized spacial score (nSPS) is 31.5. The monoisotopic (exact) mass is 367 g/mol. The van der Waals surface area contributed by atoms with E-state index in [2.05, 4.69) is 15.6 Å². The largest absolute Gasteiger partial charge is 0.474 e. The lowest BCUT2D eigenvalue weighted by molar-refractivity contribution is -0.123. The fourth-order valence-corrected chi connectivity index (χ4v) is 4.34. The Labute approximate surface area is 157 Å². The van der Waals surface area contributed by atoms with Gasteiger partial charge in [0.05, 0.1) is 11.1 Å². The van der Waals surface area contributed by atoms with Crippen LogP contribution in [0.1, 0.15) is 18.9 Å². The Morgan fingerprint density at radius 2 is 1.93 bits per heavy atom. The quantitative estimate of drug-likeness (QED) is 0.870. The van der Waals surface area contributed by atoms with Crippen LogP contribution in [0.15, 0.2) is 36.4 Å². The number of amides is 1. The number of aromatic nitrogens is 1. The molecular formula is C21H22FN3O2. The van der Waals surface area contributed by atoms with Gasteiger partial charge in [-0.25, -0.2) is 9.37 Å². The standard InChI is InChI=1S/C21H22FN3O2/c1-21(6-7-24-20(21)26)13-8-17(12-2-4-14(22)5-3-12)25-18(9-13)27-19-15-10-23-11-16(15)19/h2-5,8-9,15-16,19,23H,6-7,10-11H2,1H3,(H,24,26). The fourth-order valence-electron chi connectivity index (χ4n) is 4.34. The van der Waals surface area contributed by atoms with Gasteiger partial charge < -0.3 is 15.4 Å². The van der Waals surface area contributed by atoms with E-state index in [0.29, 0.717) is 30.0 Å². The third-order valence-corrected chi connectivity index (χ3v) is 6.26. The van der Waals surface area contributed by atoms with Crippen LogP contribution < -0.4 is 15.4 Å². The van der Waals surface area contributed by atoms with Crippen molar-refractivity contribution in [2.45, 2.75) is 24.9 Å². The van der Waals surface area contributed by atoms with E-state index in [1.165, 1.54) is 12.1 Å². The number of hydrogen-bond donors (Lipinski definition) is 2. The predicted octanol–water partition coefficient (Wildman–Crippen LogP) is 2.26. The van der Waals surface area contributed by atoms with Crippen LogP contribution in [0, 0.1) is 17.7 Å². The van der Waals surface area contributed by atoms with Crippen molar-refractivity contribution in [3.63, 3.8) is 0 Å². The van der Waals surface area contributed by atoms with Gasteiger partial charge in [0.2, 0.25) is 11.8 Å². The summed E-state index contributed by atoms with van der Waals surface area (Å²) in [5.74, 6) is 1.39. The molecule has 1 saturated carbocycles. The lowest BCUT2D eigenvalue weighted by Gasteiger charge is -2.22. The molecule has 2 saturated heterocycles. The van der Waals surface area contributed by atoms with Crippen molar-refractivity contribution in [1.82, 2.24) is 15.6 Å². The average Bonchev–Trinajstić information content (AvgIpc) is 3.00. The zero-order chi connectivity index (χ0) is 18.6. The summed E-state index contributed by atoms with van der Waals surface area (Å²) < 4.78 is 19.5. The van der Waals surface area contributed by atoms with Gasteiger partial charge in [0.15, 0.2) is 0 Å². The Morgan fingerprint density at radius 1 is 1.19 bits per heavy atom. The molecule has 27 heavy (non-hydrogen) atoms. The molecule has 0 bridgehead atoms. The molecule has 140 valence electrons. The van der Waals surface area contributed by atoms with Gasteiger partial charge in [-0.15, -0.1) is 0 Å². The number of nitrogens with one attached hydrogen (secondary N) is 2. The molecule has 3 atom stereocenters. The molecule has 1 aromatic carbocycles. The number of fused-ring (bicyclic) bond motifs is 1. The van der Waals surface area contributed by atoms with Crippen LogP contribution in [0.3, 0.4) is 0 Å². The van der Waals surface area contributed by atoms with Crippen LogP contribution in [-0.4, -0.2) is 36.6 Å². The van der Waals surface area contributed by atoms with Gasteiger partial charge in [-0.05, 0) is 49.2 Å². The Kier molecular flexibility index (Phi) is 3.72. The predicted molar refractivity (Wildman–Crippen MR) is 98.9 cm³/mol. The SMILES string of the molecule is CC1(c2cc(OC3C4CNCC43)nc(-c3ccc(F)cc3)c2)CCNC1=O. The second-order valence-corrected chi connectivity index (χ2v) is 7.99. The second-order valence-electron chi connectivity index (χ2n) is 7.99. The Morgan fingerprint density at radius 3 is 2.59 bits per heavy atom. The third-order valence-electron chi connectivity index (χ3n) is 6.26. The van der Waals surface area contributed by atoms with Gasteiger partial charge in [-0.1, -0.05) is 0 Å². The molecule has 6 heteroatoms. The van der Waals surface area contributed by atoms with Crippen molar-refractivity contribution in [3.8, 4) is 17.1 Å². The van der Waals surface area contributed by atoms with Crippen molar-refractivity contribution in [2.24, 2.45) is 11.8 Å². The molecule has 3 aliphatic rings. The van der Waals surface area contributed by atoms with E-state index in [1.807, 2.05) is 19.1 Å². The first-order valence-electron chi connectivity index (χ1n) is 9.49. The number of nitrogens with zero attached hydrogens (tertiary/aromatic N) is 1. The lowest BCUT2D eigenvalue weighted by Crippen LogP contribution is -2.32. The van der Waals surface area contributed by atoms with Gasteiger partial charge in [0.25, 0.3) is 0 Å². The summed E-state index contributed by atoms with van der Waals surface area (Å²) in [6, 6.07) is 10.1. The van der Waals surface area contributed by atoms with Gasteiger partial charge in [0, 0.05) is 43.1 Å². The van der Waals surface area contributed by atoms with Crippen LogP contribution in [0.5, 0.6) is 5.88 Å². The number of ether oxygens (including phenoxy) is 1. The van der Waals surface area contributed by atoms with Crippen LogP contribution in [0.4, 0.5) is 4.39 Å².